The summed E-state index contributed by atoms with van der Waals surface area (Å²) in [7, 11) is 0. The molecule has 28 heavy (non-hydrogen) atoms. The van der Waals surface area contributed by atoms with Crippen LogP contribution in [0, 0.1) is 6.92 Å². The largest absolute Gasteiger partial charge is 0.368 e. The number of hydrogen-bond acceptors (Lipinski definition) is 5. The van der Waals surface area contributed by atoms with E-state index >= 15 is 0 Å². The highest BCUT2D eigenvalue weighted by Gasteiger charge is 2.40. The Hall–Kier alpha value is -2.22. The summed E-state index contributed by atoms with van der Waals surface area (Å²) in [4.78, 5) is 44.0. The summed E-state index contributed by atoms with van der Waals surface area (Å²) in [5.74, 6) is -0.00545. The fraction of sp³-hybridized carbons (Fsp3) is 0.600. The van der Waals surface area contributed by atoms with Gasteiger partial charge in [0.05, 0.1) is 10.3 Å². The van der Waals surface area contributed by atoms with Crippen LogP contribution in [0.25, 0.3) is 10.2 Å². The molecular formula is C20H26N4O3S. The van der Waals surface area contributed by atoms with Crippen molar-refractivity contribution in [2.75, 3.05) is 0 Å². The van der Waals surface area contributed by atoms with Crippen molar-refractivity contribution in [1.29, 1.82) is 0 Å². The van der Waals surface area contributed by atoms with Gasteiger partial charge in [-0.05, 0) is 38.2 Å². The number of nitrogens with zero attached hydrogens (tertiary/aromatic N) is 2. The summed E-state index contributed by atoms with van der Waals surface area (Å²) >= 11 is 1.24. The number of primary amides is 1. The molecule has 2 aromatic heterocycles. The number of hydrogen-bond donors (Lipinski definition) is 2. The Balaban J connectivity index is 1.74. The molecule has 0 aromatic carbocycles. The highest BCUT2D eigenvalue weighted by molar-refractivity contribution is 7.20. The third-order valence-corrected chi connectivity index (χ3v) is 7.33. The standard InChI is InChI=1S/C20H26N4O3S/c1-12-14-17(22-13-8-4-2-7-11-24(13)18(14)26)28-15(12)16(25)23-20(19(21)27)9-5-3-6-10-20/h2-11H2,1H3,(H2,21,27)(H,23,25). The number of aromatic nitrogens is 2. The summed E-state index contributed by atoms with van der Waals surface area (Å²) < 4.78 is 1.77. The number of carbonyl (C=O) groups is 2. The van der Waals surface area contributed by atoms with Gasteiger partial charge in [-0.1, -0.05) is 25.7 Å². The van der Waals surface area contributed by atoms with E-state index in [2.05, 4.69) is 5.32 Å². The number of carbonyl (C=O) groups excluding carboxylic acids is 2. The molecule has 4 rings (SSSR count). The van der Waals surface area contributed by atoms with Crippen molar-refractivity contribution in [3.8, 4) is 0 Å². The molecule has 1 fully saturated rings. The molecule has 0 radical (unpaired) electrons. The van der Waals surface area contributed by atoms with Crippen LogP contribution < -0.4 is 16.6 Å². The van der Waals surface area contributed by atoms with E-state index in [0.717, 1.165) is 50.8 Å². The van der Waals surface area contributed by atoms with Crippen LogP contribution in [0.2, 0.25) is 0 Å². The number of nitrogens with two attached hydrogens (primary N) is 1. The number of rotatable bonds is 3. The SMILES string of the molecule is Cc1c(C(=O)NC2(C(N)=O)CCCCC2)sc2nc3n(c(=O)c12)CCCCC3. The predicted octanol–water partition coefficient (Wildman–Crippen LogP) is 2.41. The zero-order valence-corrected chi connectivity index (χ0v) is 17.0. The van der Waals surface area contributed by atoms with Crippen LogP contribution in [0.5, 0.6) is 0 Å². The molecule has 2 aromatic rings. The molecule has 2 amide bonds. The molecule has 1 aliphatic carbocycles. The summed E-state index contributed by atoms with van der Waals surface area (Å²) in [5.41, 5.74) is 5.24. The number of aryl methyl sites for hydroxylation is 2. The van der Waals surface area contributed by atoms with Crippen molar-refractivity contribution in [3.05, 3.63) is 26.6 Å². The molecule has 1 aliphatic heterocycles. The Morgan fingerprint density at radius 2 is 1.86 bits per heavy atom. The Morgan fingerprint density at radius 1 is 1.14 bits per heavy atom. The molecule has 3 heterocycles. The number of thiophene rings is 1. The lowest BCUT2D eigenvalue weighted by molar-refractivity contribution is -0.125. The van der Waals surface area contributed by atoms with Crippen molar-refractivity contribution in [2.24, 2.45) is 5.73 Å². The fourth-order valence-corrected chi connectivity index (χ4v) is 5.57. The van der Waals surface area contributed by atoms with Gasteiger partial charge < -0.3 is 11.1 Å². The summed E-state index contributed by atoms with van der Waals surface area (Å²) in [6.07, 6.45) is 7.77. The first kappa shape index (κ1) is 19.1. The Bertz CT molecular complexity index is 1000. The third kappa shape index (κ3) is 3.13. The second-order valence-electron chi connectivity index (χ2n) is 7.99. The van der Waals surface area contributed by atoms with Crippen LogP contribution in [-0.2, 0) is 17.8 Å². The normalized spacial score (nSPS) is 19.0. The van der Waals surface area contributed by atoms with Crippen LogP contribution in [0.1, 0.15) is 72.4 Å². The maximum atomic E-state index is 13.1. The number of nitrogens with one attached hydrogen (secondary N) is 1. The van der Waals surface area contributed by atoms with Crippen molar-refractivity contribution in [2.45, 2.75) is 76.8 Å². The van der Waals surface area contributed by atoms with Gasteiger partial charge in [0.15, 0.2) is 0 Å². The van der Waals surface area contributed by atoms with Gasteiger partial charge in [-0.25, -0.2) is 4.98 Å². The zero-order valence-electron chi connectivity index (χ0n) is 16.2. The van der Waals surface area contributed by atoms with Gasteiger partial charge in [0, 0.05) is 13.0 Å². The smallest absolute Gasteiger partial charge is 0.262 e. The minimum atomic E-state index is -0.989. The zero-order chi connectivity index (χ0) is 19.9. The van der Waals surface area contributed by atoms with E-state index < -0.39 is 11.4 Å². The molecule has 1 saturated carbocycles. The van der Waals surface area contributed by atoms with Gasteiger partial charge in [-0.3, -0.25) is 19.0 Å². The first-order chi connectivity index (χ1) is 13.4. The van der Waals surface area contributed by atoms with Gasteiger partial charge >= 0.3 is 0 Å². The topological polar surface area (TPSA) is 107 Å². The Morgan fingerprint density at radius 3 is 2.57 bits per heavy atom. The first-order valence-electron chi connectivity index (χ1n) is 10.1. The molecule has 0 spiro atoms. The van der Waals surface area contributed by atoms with Crippen molar-refractivity contribution in [1.82, 2.24) is 14.9 Å². The van der Waals surface area contributed by atoms with E-state index in [1.807, 2.05) is 0 Å². The van der Waals surface area contributed by atoms with Crippen molar-refractivity contribution >= 4 is 33.4 Å². The molecule has 3 N–H and O–H groups in total. The lowest BCUT2D eigenvalue weighted by Gasteiger charge is -2.34. The van der Waals surface area contributed by atoms with Crippen LogP contribution in [0.4, 0.5) is 0 Å². The molecule has 0 atom stereocenters. The molecule has 7 nitrogen and oxygen atoms in total. The maximum Gasteiger partial charge on any atom is 0.262 e. The van der Waals surface area contributed by atoms with Gasteiger partial charge in [-0.2, -0.15) is 0 Å². The van der Waals surface area contributed by atoms with E-state index in [4.69, 9.17) is 10.7 Å². The minimum absolute atomic E-state index is 0.0584. The quantitative estimate of drug-likeness (QED) is 0.822. The van der Waals surface area contributed by atoms with Crippen molar-refractivity contribution < 1.29 is 9.59 Å². The lowest BCUT2D eigenvalue weighted by atomic mass is 9.81. The average Bonchev–Trinajstić information content (AvgIpc) is 2.85. The lowest BCUT2D eigenvalue weighted by Crippen LogP contribution is -2.58. The number of amides is 2. The predicted molar refractivity (Wildman–Crippen MR) is 109 cm³/mol. The first-order valence-corrected chi connectivity index (χ1v) is 10.9. The van der Waals surface area contributed by atoms with E-state index in [-0.39, 0.29) is 11.5 Å². The Labute approximate surface area is 167 Å². The van der Waals surface area contributed by atoms with Crippen LogP contribution in [0.15, 0.2) is 4.79 Å². The molecule has 150 valence electrons. The molecule has 8 heteroatoms. The van der Waals surface area contributed by atoms with E-state index in [1.165, 1.54) is 11.3 Å². The monoisotopic (exact) mass is 402 g/mol. The summed E-state index contributed by atoms with van der Waals surface area (Å²) in [6, 6.07) is 0. The van der Waals surface area contributed by atoms with Crippen LogP contribution >= 0.6 is 11.3 Å². The highest BCUT2D eigenvalue weighted by Crippen LogP contribution is 2.32. The van der Waals surface area contributed by atoms with Crippen LogP contribution in [-0.4, -0.2) is 26.9 Å². The average molecular weight is 403 g/mol. The molecule has 0 unspecified atom stereocenters. The summed E-state index contributed by atoms with van der Waals surface area (Å²) in [5, 5.41) is 3.43. The summed E-state index contributed by atoms with van der Waals surface area (Å²) in [6.45, 7) is 2.47. The maximum absolute atomic E-state index is 13.1. The molecule has 0 saturated heterocycles. The van der Waals surface area contributed by atoms with Crippen LogP contribution in [0.3, 0.4) is 0 Å². The van der Waals surface area contributed by atoms with Gasteiger partial charge in [0.25, 0.3) is 11.5 Å². The number of fused-ring (bicyclic) bond motifs is 2. The second-order valence-corrected chi connectivity index (χ2v) is 8.99. The highest BCUT2D eigenvalue weighted by atomic mass is 32.1. The van der Waals surface area contributed by atoms with E-state index in [0.29, 0.717) is 40.0 Å². The molecule has 2 aliphatic rings. The fourth-order valence-electron chi connectivity index (χ4n) is 4.49. The van der Waals surface area contributed by atoms with Crippen molar-refractivity contribution in [3.63, 3.8) is 0 Å². The molecule has 0 bridgehead atoms. The van der Waals surface area contributed by atoms with Gasteiger partial charge in [-0.15, -0.1) is 11.3 Å². The molecular weight excluding hydrogens is 376 g/mol. The van der Waals surface area contributed by atoms with Gasteiger partial charge in [0.2, 0.25) is 5.91 Å². The third-order valence-electron chi connectivity index (χ3n) is 6.15. The Kier molecular flexibility index (Phi) is 4.99. The minimum Gasteiger partial charge on any atom is -0.368 e. The van der Waals surface area contributed by atoms with Gasteiger partial charge in [0.1, 0.15) is 16.2 Å². The van der Waals surface area contributed by atoms with E-state index in [9.17, 15) is 14.4 Å². The van der Waals surface area contributed by atoms with E-state index in [1.54, 1.807) is 11.5 Å². The second kappa shape index (κ2) is 7.31.